The van der Waals surface area contributed by atoms with Crippen LogP contribution >= 0.6 is 0 Å². The van der Waals surface area contributed by atoms with Crippen molar-refractivity contribution in [3.8, 4) is 0 Å². The molecule has 1 unspecified atom stereocenters. The molecule has 3 rings (SSSR count). The van der Waals surface area contributed by atoms with Gasteiger partial charge >= 0.3 is 0 Å². The van der Waals surface area contributed by atoms with Gasteiger partial charge in [0.15, 0.2) is 5.65 Å². The van der Waals surface area contributed by atoms with Gasteiger partial charge in [-0.25, -0.2) is 4.98 Å². The molecule has 0 aliphatic rings. The normalized spacial score (nSPS) is 12.6. The van der Waals surface area contributed by atoms with Crippen molar-refractivity contribution in [1.82, 2.24) is 20.1 Å². The van der Waals surface area contributed by atoms with Crippen LogP contribution in [0.25, 0.3) is 11.0 Å². The number of pyridine rings is 1. The van der Waals surface area contributed by atoms with E-state index in [1.54, 1.807) is 4.68 Å². The number of hydrogen-bond acceptors (Lipinski definition) is 3. The fourth-order valence-corrected chi connectivity index (χ4v) is 3.36. The predicted octanol–water partition coefficient (Wildman–Crippen LogP) is 4.20. The lowest BCUT2D eigenvalue weighted by molar-refractivity contribution is 0.0941. The Morgan fingerprint density at radius 1 is 1.15 bits per heavy atom. The number of carbonyl (C=O) groups is 1. The van der Waals surface area contributed by atoms with Crippen molar-refractivity contribution in [3.63, 3.8) is 0 Å². The molecule has 5 nitrogen and oxygen atoms in total. The van der Waals surface area contributed by atoms with Crippen LogP contribution in [0.4, 0.5) is 0 Å². The zero-order chi connectivity index (χ0) is 19.0. The number of aromatic nitrogens is 3. The van der Waals surface area contributed by atoms with E-state index in [1.165, 1.54) is 5.56 Å². The maximum atomic E-state index is 13.1. The van der Waals surface area contributed by atoms with Gasteiger partial charge < -0.3 is 5.32 Å². The summed E-state index contributed by atoms with van der Waals surface area (Å²) in [6.07, 6.45) is 0. The van der Waals surface area contributed by atoms with Crippen LogP contribution in [0.2, 0.25) is 0 Å². The molecule has 0 spiro atoms. The van der Waals surface area contributed by atoms with Gasteiger partial charge in [0.25, 0.3) is 5.91 Å². The molecule has 5 heteroatoms. The monoisotopic (exact) mass is 350 g/mol. The number of hydrogen-bond donors (Lipinski definition) is 1. The summed E-state index contributed by atoms with van der Waals surface area (Å²) in [7, 11) is 1.87. The summed E-state index contributed by atoms with van der Waals surface area (Å²) < 4.78 is 1.75. The number of nitrogens with zero attached hydrogens (tertiary/aromatic N) is 3. The Kier molecular flexibility index (Phi) is 4.81. The second kappa shape index (κ2) is 6.90. The minimum absolute atomic E-state index is 0.0774. The maximum absolute atomic E-state index is 13.1. The van der Waals surface area contributed by atoms with Crippen LogP contribution in [-0.2, 0) is 7.05 Å². The van der Waals surface area contributed by atoms with Crippen LogP contribution in [-0.4, -0.2) is 20.7 Å². The van der Waals surface area contributed by atoms with Gasteiger partial charge in [0.05, 0.1) is 22.7 Å². The van der Waals surface area contributed by atoms with E-state index in [-0.39, 0.29) is 17.9 Å². The van der Waals surface area contributed by atoms with Gasteiger partial charge in [-0.15, -0.1) is 0 Å². The first-order chi connectivity index (χ1) is 12.3. The van der Waals surface area contributed by atoms with E-state index in [0.717, 1.165) is 28.0 Å². The number of rotatable bonds is 4. The molecule has 2 aromatic heterocycles. The minimum Gasteiger partial charge on any atom is -0.345 e. The third kappa shape index (κ3) is 3.21. The van der Waals surface area contributed by atoms with Gasteiger partial charge in [-0.05, 0) is 43.9 Å². The molecular formula is C21H26N4O. The number of carbonyl (C=O) groups excluding carboxylic acids is 1. The molecule has 1 atom stereocenters. The Balaban J connectivity index is 2.03. The standard InChI is InChI=1S/C21H26N4O/c1-12(2)18-11-17(19-15(5)24-25(6)20(19)23-18)21(26)22-14(4)16-10-8-7-9-13(16)3/h7-12,14H,1-6H3,(H,22,26). The lowest BCUT2D eigenvalue weighted by atomic mass is 10.0. The van der Waals surface area contributed by atoms with Gasteiger partial charge in [-0.2, -0.15) is 5.10 Å². The summed E-state index contributed by atoms with van der Waals surface area (Å²) >= 11 is 0. The van der Waals surface area contributed by atoms with Crippen molar-refractivity contribution >= 4 is 16.9 Å². The van der Waals surface area contributed by atoms with Gasteiger partial charge in [-0.3, -0.25) is 9.48 Å². The van der Waals surface area contributed by atoms with E-state index in [0.29, 0.717) is 5.56 Å². The molecule has 0 radical (unpaired) electrons. The van der Waals surface area contributed by atoms with Crippen molar-refractivity contribution < 1.29 is 4.79 Å². The molecule has 0 saturated carbocycles. The van der Waals surface area contributed by atoms with Gasteiger partial charge in [-0.1, -0.05) is 38.1 Å². The van der Waals surface area contributed by atoms with Crippen molar-refractivity contribution in [3.05, 3.63) is 58.4 Å². The van der Waals surface area contributed by atoms with Crippen molar-refractivity contribution in [2.45, 2.75) is 46.6 Å². The summed E-state index contributed by atoms with van der Waals surface area (Å²) in [5.41, 5.74) is 5.40. The van der Waals surface area contributed by atoms with E-state index < -0.39 is 0 Å². The molecule has 136 valence electrons. The molecule has 0 bridgehead atoms. The zero-order valence-corrected chi connectivity index (χ0v) is 16.3. The molecule has 1 amide bonds. The van der Waals surface area contributed by atoms with E-state index in [1.807, 2.05) is 39.1 Å². The average molecular weight is 350 g/mol. The zero-order valence-electron chi connectivity index (χ0n) is 16.3. The largest absolute Gasteiger partial charge is 0.345 e. The van der Waals surface area contributed by atoms with Crippen LogP contribution in [0.5, 0.6) is 0 Å². The highest BCUT2D eigenvalue weighted by Gasteiger charge is 2.21. The predicted molar refractivity (Wildman–Crippen MR) is 104 cm³/mol. The topological polar surface area (TPSA) is 59.8 Å². The van der Waals surface area contributed by atoms with Crippen LogP contribution in [0.3, 0.4) is 0 Å². The first kappa shape index (κ1) is 18.1. The van der Waals surface area contributed by atoms with Crippen molar-refractivity contribution in [2.75, 3.05) is 0 Å². The number of benzene rings is 1. The molecule has 3 aromatic rings. The Hall–Kier alpha value is -2.69. The number of fused-ring (bicyclic) bond motifs is 1. The SMILES string of the molecule is Cc1ccccc1C(C)NC(=O)c1cc(C(C)C)nc2c1c(C)nn2C. The van der Waals surface area contributed by atoms with E-state index >= 15 is 0 Å². The van der Waals surface area contributed by atoms with Gasteiger partial charge in [0.2, 0.25) is 0 Å². The second-order valence-electron chi connectivity index (χ2n) is 7.21. The lowest BCUT2D eigenvalue weighted by Crippen LogP contribution is -2.27. The maximum Gasteiger partial charge on any atom is 0.252 e. The smallest absolute Gasteiger partial charge is 0.252 e. The average Bonchev–Trinajstić information content (AvgIpc) is 2.88. The summed E-state index contributed by atoms with van der Waals surface area (Å²) in [5, 5.41) is 8.43. The van der Waals surface area contributed by atoms with Crippen LogP contribution in [0.15, 0.2) is 30.3 Å². The van der Waals surface area contributed by atoms with E-state index in [4.69, 9.17) is 4.98 Å². The highest BCUT2D eigenvalue weighted by atomic mass is 16.1. The van der Waals surface area contributed by atoms with E-state index in [9.17, 15) is 4.79 Å². The molecule has 0 aliphatic carbocycles. The van der Waals surface area contributed by atoms with Crippen LogP contribution in [0.1, 0.15) is 65.6 Å². The highest BCUT2D eigenvalue weighted by molar-refractivity contribution is 6.06. The van der Waals surface area contributed by atoms with Crippen molar-refractivity contribution in [2.24, 2.45) is 7.05 Å². The minimum atomic E-state index is -0.0915. The number of aryl methyl sites for hydroxylation is 3. The summed E-state index contributed by atoms with van der Waals surface area (Å²) in [4.78, 5) is 17.8. The Bertz CT molecular complexity index is 972. The molecule has 26 heavy (non-hydrogen) atoms. The fraction of sp³-hybridized carbons (Fsp3) is 0.381. The Morgan fingerprint density at radius 2 is 1.85 bits per heavy atom. The third-order valence-corrected chi connectivity index (χ3v) is 4.83. The first-order valence-corrected chi connectivity index (χ1v) is 9.00. The molecule has 1 aromatic carbocycles. The second-order valence-corrected chi connectivity index (χ2v) is 7.21. The third-order valence-electron chi connectivity index (χ3n) is 4.83. The number of nitrogens with one attached hydrogen (secondary N) is 1. The van der Waals surface area contributed by atoms with Gasteiger partial charge in [0, 0.05) is 12.7 Å². The summed E-state index contributed by atoms with van der Waals surface area (Å²) in [6.45, 7) is 10.1. The molecule has 1 N–H and O–H groups in total. The lowest BCUT2D eigenvalue weighted by Gasteiger charge is -2.17. The fourth-order valence-electron chi connectivity index (χ4n) is 3.36. The molecule has 0 saturated heterocycles. The molecule has 0 aliphatic heterocycles. The quantitative estimate of drug-likeness (QED) is 0.767. The molecular weight excluding hydrogens is 324 g/mol. The van der Waals surface area contributed by atoms with Crippen LogP contribution < -0.4 is 5.32 Å². The van der Waals surface area contributed by atoms with Gasteiger partial charge in [0.1, 0.15) is 0 Å². The van der Waals surface area contributed by atoms with E-state index in [2.05, 4.69) is 43.3 Å². The summed E-state index contributed by atoms with van der Waals surface area (Å²) in [5.74, 6) is 0.140. The summed E-state index contributed by atoms with van der Waals surface area (Å²) in [6, 6.07) is 9.95. The Morgan fingerprint density at radius 3 is 2.50 bits per heavy atom. The van der Waals surface area contributed by atoms with Crippen LogP contribution in [0, 0.1) is 13.8 Å². The molecule has 2 heterocycles. The van der Waals surface area contributed by atoms with Crippen molar-refractivity contribution in [1.29, 1.82) is 0 Å². The molecule has 0 fully saturated rings. The Labute approximate surface area is 154 Å². The first-order valence-electron chi connectivity index (χ1n) is 9.00. The highest BCUT2D eigenvalue weighted by Crippen LogP contribution is 2.26. The number of amides is 1.